The molecule has 1 saturated heterocycles. The molecule has 3 aliphatic heterocycles. The van der Waals surface area contributed by atoms with Gasteiger partial charge in [0.05, 0.1) is 18.4 Å². The van der Waals surface area contributed by atoms with E-state index in [9.17, 15) is 18.8 Å². The van der Waals surface area contributed by atoms with Crippen LogP contribution >= 0.6 is 0 Å². The van der Waals surface area contributed by atoms with Crippen LogP contribution in [0.1, 0.15) is 46.3 Å². The average molecular weight is 561 g/mol. The monoisotopic (exact) mass is 560 g/mol. The molecule has 1 unspecified atom stereocenters. The zero-order chi connectivity index (χ0) is 29.3. The molecule has 212 valence electrons. The van der Waals surface area contributed by atoms with Crippen molar-refractivity contribution >= 4 is 40.7 Å². The lowest BCUT2D eigenvalue weighted by atomic mass is 10.1. The first-order valence-corrected chi connectivity index (χ1v) is 12.9. The molecule has 0 spiro atoms. The third kappa shape index (κ3) is 5.53. The van der Waals surface area contributed by atoms with Crippen molar-refractivity contribution in [3.05, 3.63) is 76.7 Å². The summed E-state index contributed by atoms with van der Waals surface area (Å²) in [7, 11) is 6.95. The first-order valence-electron chi connectivity index (χ1n) is 12.9. The van der Waals surface area contributed by atoms with Gasteiger partial charge in [-0.2, -0.15) is 0 Å². The van der Waals surface area contributed by atoms with Gasteiger partial charge in [0, 0.05) is 45.5 Å². The number of urea groups is 1. The van der Waals surface area contributed by atoms with Gasteiger partial charge in [0.2, 0.25) is 0 Å². The molecule has 12 heteroatoms. The van der Waals surface area contributed by atoms with Crippen LogP contribution in [0.15, 0.2) is 57.7 Å². The second-order valence-electron chi connectivity index (χ2n) is 9.85. The summed E-state index contributed by atoms with van der Waals surface area (Å²) < 4.78 is 24.1. The number of benzene rings is 1. The average Bonchev–Trinajstić information content (AvgIpc) is 3.58. The fourth-order valence-corrected chi connectivity index (χ4v) is 4.66. The number of pyridine rings is 1. The minimum absolute atomic E-state index is 0.118. The van der Waals surface area contributed by atoms with E-state index < -0.39 is 23.8 Å². The summed E-state index contributed by atoms with van der Waals surface area (Å²) in [5.74, 6) is 0.117. The number of hydrogen-bond donors (Lipinski definition) is 2. The number of furan rings is 1. The Morgan fingerprint density at radius 2 is 1.90 bits per heavy atom. The third-order valence-electron chi connectivity index (χ3n) is 6.78. The van der Waals surface area contributed by atoms with E-state index in [0.29, 0.717) is 23.4 Å². The molecule has 1 atom stereocenters. The number of carbonyl (C=O) groups excluding carboxylic acids is 3. The fraction of sp³-hybridized carbons (Fsp3) is 0.276. The number of amides is 4. The van der Waals surface area contributed by atoms with Crippen LogP contribution in [0.25, 0.3) is 16.7 Å². The first-order chi connectivity index (χ1) is 19.7. The molecule has 5 heterocycles. The summed E-state index contributed by atoms with van der Waals surface area (Å²) >= 11 is 0. The molecule has 11 nitrogen and oxygen atoms in total. The lowest BCUT2D eigenvalue weighted by molar-refractivity contribution is -0.120. The number of rotatable bonds is 4. The predicted molar refractivity (Wildman–Crippen MR) is 150 cm³/mol. The molecule has 2 aromatic heterocycles. The number of ether oxygens (including phenoxy) is 1. The normalized spacial score (nSPS) is 19.3. The third-order valence-corrected chi connectivity index (χ3v) is 6.78. The predicted octanol–water partition coefficient (Wildman–Crippen LogP) is 3.78. The van der Waals surface area contributed by atoms with E-state index in [1.54, 1.807) is 25.2 Å². The zero-order valence-electron chi connectivity index (χ0n) is 23.0. The number of aromatic nitrogens is 1. The fourth-order valence-electron chi connectivity index (χ4n) is 4.66. The van der Waals surface area contributed by atoms with Crippen molar-refractivity contribution in [3.8, 4) is 5.75 Å². The van der Waals surface area contributed by atoms with Gasteiger partial charge in [-0.25, -0.2) is 19.2 Å². The van der Waals surface area contributed by atoms with Crippen LogP contribution in [0, 0.1) is 5.82 Å². The molecule has 3 aliphatic rings. The number of carbonyl (C=O) groups is 3. The second kappa shape index (κ2) is 11.2. The highest BCUT2D eigenvalue weighted by Crippen LogP contribution is 2.30. The second-order valence-corrected chi connectivity index (χ2v) is 9.85. The topological polar surface area (TPSA) is 129 Å². The summed E-state index contributed by atoms with van der Waals surface area (Å²) in [6.07, 6.45) is 7.81. The van der Waals surface area contributed by atoms with Gasteiger partial charge in [0.25, 0.3) is 11.8 Å². The van der Waals surface area contributed by atoms with Gasteiger partial charge in [-0.1, -0.05) is 12.1 Å². The summed E-state index contributed by atoms with van der Waals surface area (Å²) in [4.78, 5) is 47.3. The summed E-state index contributed by atoms with van der Waals surface area (Å²) in [5.41, 5.74) is 3.75. The first kappa shape index (κ1) is 27.6. The summed E-state index contributed by atoms with van der Waals surface area (Å²) in [6, 6.07) is 7.26. The van der Waals surface area contributed by atoms with Crippen molar-refractivity contribution in [2.75, 3.05) is 28.3 Å². The number of hydrogen-bond acceptors (Lipinski definition) is 8. The van der Waals surface area contributed by atoms with E-state index in [1.165, 1.54) is 12.0 Å². The van der Waals surface area contributed by atoms with E-state index in [1.807, 2.05) is 37.3 Å². The maximum absolute atomic E-state index is 13.6. The number of nitrogens with zero attached hydrogens (tertiary/aromatic N) is 4. The molecule has 0 aliphatic carbocycles. The van der Waals surface area contributed by atoms with Crippen LogP contribution < -0.4 is 15.4 Å². The molecular formula is C29H29FN6O5. The molecule has 3 aromatic rings. The Morgan fingerprint density at radius 1 is 1.12 bits per heavy atom. The Bertz CT molecular complexity index is 1640. The number of fused-ring (bicyclic) bond motifs is 2. The maximum atomic E-state index is 13.6. The van der Waals surface area contributed by atoms with Crippen molar-refractivity contribution < 1.29 is 27.9 Å². The van der Waals surface area contributed by atoms with Gasteiger partial charge >= 0.3 is 6.03 Å². The molecular weight excluding hydrogens is 531 g/mol. The highest BCUT2D eigenvalue weighted by Gasteiger charge is 2.34. The van der Waals surface area contributed by atoms with E-state index >= 15 is 0 Å². The van der Waals surface area contributed by atoms with Crippen LogP contribution in [0.4, 0.5) is 9.18 Å². The van der Waals surface area contributed by atoms with E-state index in [0.717, 1.165) is 35.5 Å². The minimum atomic E-state index is -0.829. The van der Waals surface area contributed by atoms with Crippen molar-refractivity contribution in [2.45, 2.75) is 25.4 Å². The number of imide groups is 1. The van der Waals surface area contributed by atoms with Crippen LogP contribution in [-0.2, 0) is 11.3 Å². The van der Waals surface area contributed by atoms with Crippen LogP contribution in [0.5, 0.6) is 5.75 Å². The van der Waals surface area contributed by atoms with Crippen molar-refractivity contribution in [2.24, 2.45) is 4.99 Å². The largest absolute Gasteiger partial charge is 0.494 e. The summed E-state index contributed by atoms with van der Waals surface area (Å²) in [6.45, 7) is 0.467. The lowest BCUT2D eigenvalue weighted by Gasteiger charge is -2.14. The Kier molecular flexibility index (Phi) is 7.56. The van der Waals surface area contributed by atoms with E-state index in [4.69, 9.17) is 9.15 Å². The molecule has 0 saturated carbocycles. The molecule has 41 heavy (non-hydrogen) atoms. The van der Waals surface area contributed by atoms with Gasteiger partial charge in [-0.15, -0.1) is 0 Å². The lowest BCUT2D eigenvalue weighted by Crippen LogP contribution is -2.22. The van der Waals surface area contributed by atoms with Crippen molar-refractivity contribution in [1.29, 1.82) is 0 Å². The van der Waals surface area contributed by atoms with E-state index in [-0.39, 0.29) is 17.2 Å². The standard InChI is InChI=1S/C19H19N5O3.C10H10FNO2/c1-24(2)16-6-4-3-5-11(10-20-16)12-7-8-14-13(21-12)9-15(27-14)17-18(25)23-19(26)22-17;1-12-5-6-3-4-7(14-2)9(11)8(6)10(12)13/h5-10,17H,3-4H2,1-2H3,(H2,22,23,25,26);3-4H,5H2,1-2H3/b11-5?,16-6+,20-10?;. The molecule has 1 aromatic carbocycles. The Balaban J connectivity index is 0.000000202. The molecule has 6 rings (SSSR count). The highest BCUT2D eigenvalue weighted by molar-refractivity contribution is 6.10. The SMILES string of the molecule is CN(C)/C1=C/CCC=C(c2ccc3oc(C4NC(=O)NC4=O)cc3n2)C=N1.COc1ccc2c(c1F)C(=O)N(C)C2. The molecule has 0 bridgehead atoms. The maximum Gasteiger partial charge on any atom is 0.322 e. The van der Waals surface area contributed by atoms with Crippen molar-refractivity contribution in [1.82, 2.24) is 25.4 Å². The van der Waals surface area contributed by atoms with Crippen LogP contribution in [0.3, 0.4) is 0 Å². The highest BCUT2D eigenvalue weighted by atomic mass is 19.1. The van der Waals surface area contributed by atoms with Gasteiger partial charge in [-0.3, -0.25) is 14.9 Å². The minimum Gasteiger partial charge on any atom is -0.494 e. The van der Waals surface area contributed by atoms with Crippen molar-refractivity contribution in [3.63, 3.8) is 0 Å². The van der Waals surface area contributed by atoms with Gasteiger partial charge in [0.1, 0.15) is 17.1 Å². The summed E-state index contributed by atoms with van der Waals surface area (Å²) in [5, 5.41) is 4.72. The number of nitrogens with one attached hydrogen (secondary N) is 2. The smallest absolute Gasteiger partial charge is 0.322 e. The molecule has 1 fully saturated rings. The molecule has 4 amide bonds. The number of methoxy groups -OCH3 is 1. The zero-order valence-corrected chi connectivity index (χ0v) is 23.0. The van der Waals surface area contributed by atoms with Crippen LogP contribution in [0.2, 0.25) is 0 Å². The van der Waals surface area contributed by atoms with Gasteiger partial charge in [-0.05, 0) is 42.7 Å². The quantitative estimate of drug-likeness (QED) is 0.465. The Morgan fingerprint density at radius 3 is 2.61 bits per heavy atom. The number of allylic oxidation sites excluding steroid dienone is 3. The number of halogens is 1. The molecule has 0 radical (unpaired) electrons. The number of aliphatic imine (C=N–C) groups is 1. The molecule has 2 N–H and O–H groups in total. The van der Waals surface area contributed by atoms with Gasteiger partial charge < -0.3 is 24.3 Å². The van der Waals surface area contributed by atoms with Crippen LogP contribution in [-0.4, -0.2) is 67.1 Å². The van der Waals surface area contributed by atoms with E-state index in [2.05, 4.69) is 32.8 Å². The Labute approximate surface area is 235 Å². The Hall–Kier alpha value is -5.00. The van der Waals surface area contributed by atoms with Gasteiger partial charge in [0.15, 0.2) is 23.2 Å².